The number of benzene rings is 1. The number of halogens is 1. The zero-order valence-corrected chi connectivity index (χ0v) is 37.6. The zero-order valence-electron chi connectivity index (χ0n) is 35.2. The molecule has 12 N–H and O–H groups in total. The molecule has 0 aliphatic rings. The summed E-state index contributed by atoms with van der Waals surface area (Å²) >= 11 is 3.22. The van der Waals surface area contributed by atoms with Crippen molar-refractivity contribution in [1.29, 1.82) is 0 Å². The third-order valence-electron chi connectivity index (χ3n) is 8.90. The maximum atomic E-state index is 13.2. The van der Waals surface area contributed by atoms with Crippen LogP contribution in [0.5, 0.6) is 0 Å². The van der Waals surface area contributed by atoms with Crippen LogP contribution in [0.4, 0.5) is 0 Å². The number of rotatable bonds is 32. The van der Waals surface area contributed by atoms with E-state index in [2.05, 4.69) is 58.8 Å². The zero-order chi connectivity index (χ0) is 47.4. The Balaban J connectivity index is 2.74. The summed E-state index contributed by atoms with van der Waals surface area (Å²) in [6, 6.07) is 0.800. The Kier molecular flexibility index (Phi) is 26.8. The largest absolute Gasteiger partial charge is 0.481 e. The molecule has 0 unspecified atom stereocenters. The summed E-state index contributed by atoms with van der Waals surface area (Å²) < 4.78 is 28.0. The minimum absolute atomic E-state index is 0.0452. The Labute approximate surface area is 374 Å². The van der Waals surface area contributed by atoms with E-state index in [9.17, 15) is 57.0 Å². The number of carboxylic acid groups (broad SMARTS) is 2. The maximum absolute atomic E-state index is 13.2. The van der Waals surface area contributed by atoms with Gasteiger partial charge in [-0.05, 0) is 56.9 Å². The van der Waals surface area contributed by atoms with Crippen molar-refractivity contribution in [3.8, 4) is 0 Å². The predicted octanol–water partition coefficient (Wildman–Crippen LogP) is -0.346. The first-order valence-corrected chi connectivity index (χ1v) is 22.5. The fraction of sp³-hybridized carbons (Fsp3) is 0.564. The van der Waals surface area contributed by atoms with E-state index in [1.165, 1.54) is 24.3 Å². The lowest BCUT2D eigenvalue weighted by Crippen LogP contribution is -2.55. The van der Waals surface area contributed by atoms with Crippen LogP contribution in [0.2, 0.25) is 0 Å². The Hall–Kier alpha value is -5.62. The van der Waals surface area contributed by atoms with Crippen LogP contribution >= 0.6 is 15.9 Å². The van der Waals surface area contributed by atoms with E-state index in [1.54, 1.807) is 6.92 Å². The van der Waals surface area contributed by atoms with Crippen molar-refractivity contribution in [3.63, 3.8) is 0 Å². The van der Waals surface area contributed by atoms with Crippen molar-refractivity contribution in [1.82, 2.24) is 36.6 Å². The van der Waals surface area contributed by atoms with Crippen molar-refractivity contribution >= 4 is 79.3 Å². The van der Waals surface area contributed by atoms with Gasteiger partial charge >= 0.3 is 11.9 Å². The lowest BCUT2D eigenvalue weighted by atomic mass is 10.1. The van der Waals surface area contributed by atoms with Crippen molar-refractivity contribution < 1.29 is 62.1 Å². The molecule has 352 valence electrons. The first kappa shape index (κ1) is 55.4. The summed E-state index contributed by atoms with van der Waals surface area (Å²) in [5.41, 5.74) is 6.26. The van der Waals surface area contributed by atoms with Crippen LogP contribution in [-0.2, 0) is 48.4 Å². The standard InChI is InChI=1S/C39H60BrN9O13S/c1-25(2)35(56)42-19-11-9-7-5-3-4-6-8-10-14-31(51)44-22-32(52)46-28(13-12-20-43-39(41)49-63(61,62)27-17-15-26(40)16-18-27)36(57)45-23-33(53)47-29(21-34(54)55)37(58)48-30(24-50)38(59)60/h15-18,28-30,50H,1,3-14,19-24H2,2H3,(H,42,56)(H,44,51)(H,45,57)(H,46,52)(H,47,53)(H,48,58)(H,54,55)(H,59,60)(H3,41,43,49)/t28-,29-,30-/m0/s1. The highest BCUT2D eigenvalue weighted by Crippen LogP contribution is 2.14. The SMILES string of the molecule is C=C(C)C(=O)NCCCCCCCCCCCC(=O)NCC(=O)N[C@@H](CCCN=C(N)NS(=O)(=O)c1ccc(Br)cc1)C(=O)NCC(=O)N[C@@H](CC(=O)O)C(=O)N[C@@H](CO)C(=O)O. The lowest BCUT2D eigenvalue weighted by molar-refractivity contribution is -0.144. The molecule has 0 radical (unpaired) electrons. The number of hydrogen-bond acceptors (Lipinski definition) is 12. The minimum Gasteiger partial charge on any atom is -0.481 e. The van der Waals surface area contributed by atoms with Crippen LogP contribution in [0, 0.1) is 0 Å². The van der Waals surface area contributed by atoms with Gasteiger partial charge in [-0.15, -0.1) is 0 Å². The van der Waals surface area contributed by atoms with Crippen LogP contribution < -0.4 is 42.4 Å². The second-order valence-electron chi connectivity index (χ2n) is 14.4. The quantitative estimate of drug-likeness (QED) is 0.0190. The molecule has 1 rings (SSSR count). The van der Waals surface area contributed by atoms with Gasteiger partial charge in [0.2, 0.25) is 41.4 Å². The number of aliphatic imine (C=N–C) groups is 1. The van der Waals surface area contributed by atoms with E-state index in [-0.39, 0.29) is 42.5 Å². The van der Waals surface area contributed by atoms with Crippen molar-refractivity contribution in [2.24, 2.45) is 10.7 Å². The molecule has 1 aromatic carbocycles. The van der Waals surface area contributed by atoms with Crippen LogP contribution in [0.15, 0.2) is 50.8 Å². The second kappa shape index (κ2) is 30.4. The van der Waals surface area contributed by atoms with Crippen LogP contribution in [-0.4, -0.2) is 128 Å². The number of aliphatic carboxylic acids is 2. The highest BCUT2D eigenvalue weighted by Gasteiger charge is 2.29. The number of guanidine groups is 1. The molecule has 0 saturated carbocycles. The number of nitrogens with one attached hydrogen (secondary N) is 7. The summed E-state index contributed by atoms with van der Waals surface area (Å²) in [6.07, 6.45) is 7.58. The number of nitrogens with two attached hydrogens (primary N) is 1. The van der Waals surface area contributed by atoms with Gasteiger partial charge in [0.15, 0.2) is 0 Å². The van der Waals surface area contributed by atoms with E-state index in [0.29, 0.717) is 23.0 Å². The lowest BCUT2D eigenvalue weighted by Gasteiger charge is -2.21. The van der Waals surface area contributed by atoms with Crippen LogP contribution in [0.25, 0.3) is 0 Å². The average molecular weight is 975 g/mol. The van der Waals surface area contributed by atoms with Crippen molar-refractivity contribution in [2.75, 3.05) is 32.8 Å². The molecule has 24 heteroatoms. The van der Waals surface area contributed by atoms with Crippen molar-refractivity contribution in [3.05, 3.63) is 40.9 Å². The monoisotopic (exact) mass is 973 g/mol. The van der Waals surface area contributed by atoms with Gasteiger partial charge < -0.3 is 53.0 Å². The van der Waals surface area contributed by atoms with Gasteiger partial charge in [0.25, 0.3) is 10.0 Å². The molecule has 0 saturated heterocycles. The normalized spacial score (nSPS) is 12.7. The number of carbonyl (C=O) groups is 8. The smallest absolute Gasteiger partial charge is 0.328 e. The number of unbranched alkanes of at least 4 members (excludes halogenated alkanes) is 8. The maximum Gasteiger partial charge on any atom is 0.328 e. The summed E-state index contributed by atoms with van der Waals surface area (Å²) in [4.78, 5) is 102. The molecule has 0 aromatic heterocycles. The first-order valence-electron chi connectivity index (χ1n) is 20.3. The number of carboxylic acids is 2. The number of sulfonamides is 1. The number of carbonyl (C=O) groups excluding carboxylic acids is 6. The average Bonchev–Trinajstić information content (AvgIpc) is 3.21. The van der Waals surface area contributed by atoms with E-state index in [0.717, 1.165) is 51.4 Å². The summed E-state index contributed by atoms with van der Waals surface area (Å²) in [5.74, 6) is -8.08. The fourth-order valence-corrected chi connectivity index (χ4v) is 6.71. The molecular formula is C39H60BrN9O13S. The van der Waals surface area contributed by atoms with Gasteiger partial charge in [0, 0.05) is 29.6 Å². The molecule has 0 aliphatic heterocycles. The molecule has 22 nitrogen and oxygen atoms in total. The Morgan fingerprint density at radius 1 is 0.730 bits per heavy atom. The van der Waals surface area contributed by atoms with Gasteiger partial charge in [-0.1, -0.05) is 67.5 Å². The summed E-state index contributed by atoms with van der Waals surface area (Å²) in [7, 11) is -4.07. The van der Waals surface area contributed by atoms with Crippen LogP contribution in [0.3, 0.4) is 0 Å². The van der Waals surface area contributed by atoms with Gasteiger partial charge in [-0.3, -0.25) is 38.6 Å². The molecule has 6 amide bonds. The predicted molar refractivity (Wildman–Crippen MR) is 233 cm³/mol. The van der Waals surface area contributed by atoms with Crippen LogP contribution in [0.1, 0.15) is 90.4 Å². The molecule has 0 spiro atoms. The van der Waals surface area contributed by atoms with Gasteiger partial charge in [0.1, 0.15) is 18.1 Å². The highest BCUT2D eigenvalue weighted by molar-refractivity contribution is 9.10. The minimum atomic E-state index is -4.07. The summed E-state index contributed by atoms with van der Waals surface area (Å²) in [6.45, 7) is 3.43. The molecule has 1 aromatic rings. The molecular weight excluding hydrogens is 914 g/mol. The number of amides is 6. The third kappa shape index (κ3) is 25.2. The fourth-order valence-electron chi connectivity index (χ4n) is 5.50. The molecule has 0 aliphatic carbocycles. The van der Waals surface area contributed by atoms with E-state index in [4.69, 9.17) is 10.8 Å². The molecule has 0 heterocycles. The van der Waals surface area contributed by atoms with Gasteiger partial charge in [-0.25, -0.2) is 17.9 Å². The molecule has 63 heavy (non-hydrogen) atoms. The number of hydrogen-bond donors (Lipinski definition) is 11. The Morgan fingerprint density at radius 3 is 1.84 bits per heavy atom. The first-order chi connectivity index (χ1) is 29.7. The van der Waals surface area contributed by atoms with E-state index >= 15 is 0 Å². The molecule has 0 fully saturated rings. The third-order valence-corrected chi connectivity index (χ3v) is 10.8. The highest BCUT2D eigenvalue weighted by atomic mass is 79.9. The molecule has 0 bridgehead atoms. The Morgan fingerprint density at radius 2 is 1.29 bits per heavy atom. The van der Waals surface area contributed by atoms with Crippen molar-refractivity contribution in [2.45, 2.75) is 113 Å². The summed E-state index contributed by atoms with van der Waals surface area (Å²) in [5, 5.41) is 41.4. The number of nitrogens with zero attached hydrogens (tertiary/aromatic N) is 1. The van der Waals surface area contributed by atoms with E-state index < -0.39 is 95.8 Å². The Bertz CT molecular complexity index is 1860. The topological polar surface area (TPSA) is 354 Å². The number of aliphatic hydroxyl groups is 1. The van der Waals surface area contributed by atoms with Gasteiger partial charge in [-0.2, -0.15) is 0 Å². The van der Waals surface area contributed by atoms with E-state index in [1.807, 2.05) is 5.32 Å². The molecule has 3 atom stereocenters. The second-order valence-corrected chi connectivity index (χ2v) is 16.9. The van der Waals surface area contributed by atoms with Gasteiger partial charge in [0.05, 0.1) is 31.0 Å². The number of aliphatic hydroxyl groups excluding tert-OH is 1.